The fourth-order valence-electron chi connectivity index (χ4n) is 1.77. The minimum absolute atomic E-state index is 0.175. The summed E-state index contributed by atoms with van der Waals surface area (Å²) in [6, 6.07) is 7.26. The zero-order valence-corrected chi connectivity index (χ0v) is 12.9. The van der Waals surface area contributed by atoms with Gasteiger partial charge in [-0.2, -0.15) is 0 Å². The van der Waals surface area contributed by atoms with E-state index < -0.39 is 18.0 Å². The Morgan fingerprint density at radius 3 is 2.27 bits per heavy atom. The van der Waals surface area contributed by atoms with Crippen LogP contribution in [0.1, 0.15) is 13.8 Å². The van der Waals surface area contributed by atoms with Crippen molar-refractivity contribution in [2.45, 2.75) is 19.9 Å². The van der Waals surface area contributed by atoms with Crippen molar-refractivity contribution in [3.05, 3.63) is 30.3 Å². The van der Waals surface area contributed by atoms with E-state index in [2.05, 4.69) is 10.6 Å². The molecule has 0 aliphatic rings. The third-order valence-corrected chi connectivity index (χ3v) is 3.00. The van der Waals surface area contributed by atoms with Crippen LogP contribution in [0.4, 0.5) is 10.5 Å². The highest BCUT2D eigenvalue weighted by Gasteiger charge is 2.25. The second kappa shape index (κ2) is 8.02. The average Bonchev–Trinajstić information content (AvgIpc) is 2.44. The average molecular weight is 307 g/mol. The van der Waals surface area contributed by atoms with E-state index in [-0.39, 0.29) is 18.4 Å². The molecule has 1 aromatic rings. The summed E-state index contributed by atoms with van der Waals surface area (Å²) in [4.78, 5) is 35.9. The van der Waals surface area contributed by atoms with E-state index in [9.17, 15) is 14.4 Å². The number of carbonyl (C=O) groups is 3. The van der Waals surface area contributed by atoms with Gasteiger partial charge in [0.2, 0.25) is 5.91 Å². The maximum atomic E-state index is 11.9. The minimum atomic E-state index is -1.11. The molecule has 0 aliphatic heterocycles. The van der Waals surface area contributed by atoms with Gasteiger partial charge in [0.15, 0.2) is 0 Å². The van der Waals surface area contributed by atoms with Crippen LogP contribution in [0.2, 0.25) is 0 Å². The Hall–Kier alpha value is -2.57. The van der Waals surface area contributed by atoms with Crippen LogP contribution in [0.25, 0.3) is 0 Å². The quantitative estimate of drug-likeness (QED) is 0.739. The number of anilines is 1. The number of carboxylic acids is 1. The van der Waals surface area contributed by atoms with Crippen molar-refractivity contribution in [3.8, 4) is 0 Å². The summed E-state index contributed by atoms with van der Waals surface area (Å²) in [7, 11) is 1.43. The van der Waals surface area contributed by atoms with Crippen molar-refractivity contribution in [2.24, 2.45) is 5.92 Å². The zero-order valence-electron chi connectivity index (χ0n) is 12.9. The molecule has 0 fully saturated rings. The van der Waals surface area contributed by atoms with Crippen LogP contribution in [-0.2, 0) is 9.59 Å². The lowest BCUT2D eigenvalue weighted by molar-refractivity contribution is -0.140. The van der Waals surface area contributed by atoms with Gasteiger partial charge in [-0.05, 0) is 18.1 Å². The van der Waals surface area contributed by atoms with Gasteiger partial charge in [-0.25, -0.2) is 9.59 Å². The summed E-state index contributed by atoms with van der Waals surface area (Å²) in [6.45, 7) is 3.22. The first-order valence-electron chi connectivity index (χ1n) is 6.90. The highest BCUT2D eigenvalue weighted by molar-refractivity contribution is 5.94. The Kier molecular flexibility index (Phi) is 6.37. The smallest absolute Gasteiger partial charge is 0.326 e. The van der Waals surface area contributed by atoms with Gasteiger partial charge in [0, 0.05) is 12.7 Å². The Morgan fingerprint density at radius 2 is 1.77 bits per heavy atom. The maximum absolute atomic E-state index is 11.9. The SMILES string of the molecule is CC(C)[C@H](NC(=O)N(C)CC(=O)Nc1ccccc1)C(=O)O. The number of amides is 3. The fraction of sp³-hybridized carbons (Fsp3) is 0.400. The van der Waals surface area contributed by atoms with Gasteiger partial charge in [0.1, 0.15) is 12.6 Å². The van der Waals surface area contributed by atoms with E-state index in [4.69, 9.17) is 5.11 Å². The standard InChI is InChI=1S/C15H21N3O4/c1-10(2)13(14(20)21)17-15(22)18(3)9-12(19)16-11-7-5-4-6-8-11/h4-8,10,13H,9H2,1-3H3,(H,16,19)(H,17,22)(H,20,21)/t13-/m0/s1. The van der Waals surface area contributed by atoms with Gasteiger partial charge in [-0.1, -0.05) is 32.0 Å². The molecular formula is C15H21N3O4. The summed E-state index contributed by atoms with van der Waals surface area (Å²) in [6.07, 6.45) is 0. The van der Waals surface area contributed by atoms with E-state index in [0.717, 1.165) is 4.90 Å². The fourth-order valence-corrected chi connectivity index (χ4v) is 1.77. The highest BCUT2D eigenvalue weighted by atomic mass is 16.4. The first kappa shape index (κ1) is 17.5. The van der Waals surface area contributed by atoms with Crippen LogP contribution >= 0.6 is 0 Å². The molecule has 0 aromatic heterocycles. The van der Waals surface area contributed by atoms with Crippen molar-refractivity contribution < 1.29 is 19.5 Å². The van der Waals surface area contributed by atoms with Gasteiger partial charge in [0.25, 0.3) is 0 Å². The van der Waals surface area contributed by atoms with E-state index in [1.165, 1.54) is 7.05 Å². The monoisotopic (exact) mass is 307 g/mol. The van der Waals surface area contributed by atoms with E-state index in [1.807, 2.05) is 6.07 Å². The summed E-state index contributed by atoms with van der Waals surface area (Å²) < 4.78 is 0. The molecule has 3 amide bonds. The lowest BCUT2D eigenvalue weighted by atomic mass is 10.1. The number of carbonyl (C=O) groups excluding carboxylic acids is 2. The molecule has 0 spiro atoms. The number of rotatable bonds is 6. The second-order valence-corrected chi connectivity index (χ2v) is 5.28. The maximum Gasteiger partial charge on any atom is 0.326 e. The van der Waals surface area contributed by atoms with Crippen molar-refractivity contribution in [2.75, 3.05) is 18.9 Å². The normalized spacial score (nSPS) is 11.6. The van der Waals surface area contributed by atoms with E-state index in [1.54, 1.807) is 38.1 Å². The van der Waals surface area contributed by atoms with Crippen molar-refractivity contribution in [1.29, 1.82) is 0 Å². The molecule has 7 nitrogen and oxygen atoms in total. The molecule has 0 unspecified atom stereocenters. The molecule has 7 heteroatoms. The molecule has 22 heavy (non-hydrogen) atoms. The largest absolute Gasteiger partial charge is 0.480 e. The molecule has 1 atom stereocenters. The lowest BCUT2D eigenvalue weighted by Gasteiger charge is -2.23. The summed E-state index contributed by atoms with van der Waals surface area (Å²) in [5.41, 5.74) is 0.631. The topological polar surface area (TPSA) is 98.7 Å². The molecular weight excluding hydrogens is 286 g/mol. The summed E-state index contributed by atoms with van der Waals surface area (Å²) in [5, 5.41) is 14.1. The molecule has 0 saturated heterocycles. The number of likely N-dealkylation sites (N-methyl/N-ethyl adjacent to an activating group) is 1. The molecule has 0 heterocycles. The van der Waals surface area contributed by atoms with Gasteiger partial charge in [0.05, 0.1) is 0 Å². The number of nitrogens with zero attached hydrogens (tertiary/aromatic N) is 1. The number of para-hydroxylation sites is 1. The molecule has 0 bridgehead atoms. The summed E-state index contributed by atoms with van der Waals surface area (Å²) >= 11 is 0. The predicted molar refractivity (Wildman–Crippen MR) is 82.5 cm³/mol. The molecule has 0 aliphatic carbocycles. The molecule has 0 radical (unpaired) electrons. The van der Waals surface area contributed by atoms with E-state index >= 15 is 0 Å². The summed E-state index contributed by atoms with van der Waals surface area (Å²) in [5.74, 6) is -1.72. The Morgan fingerprint density at radius 1 is 1.18 bits per heavy atom. The third-order valence-electron chi connectivity index (χ3n) is 3.00. The predicted octanol–water partition coefficient (Wildman–Crippen LogP) is 1.38. The Bertz CT molecular complexity index is 531. The Labute approximate surface area is 129 Å². The number of hydrogen-bond acceptors (Lipinski definition) is 3. The number of aliphatic carboxylic acids is 1. The number of carboxylic acid groups (broad SMARTS) is 1. The van der Waals surface area contributed by atoms with Crippen LogP contribution in [0, 0.1) is 5.92 Å². The first-order chi connectivity index (χ1) is 10.3. The molecule has 0 saturated carbocycles. The van der Waals surface area contributed by atoms with Crippen LogP contribution in [0.15, 0.2) is 30.3 Å². The third kappa shape index (κ3) is 5.43. The van der Waals surface area contributed by atoms with Gasteiger partial charge in [-0.3, -0.25) is 4.79 Å². The molecule has 120 valence electrons. The highest BCUT2D eigenvalue weighted by Crippen LogP contribution is 2.05. The first-order valence-corrected chi connectivity index (χ1v) is 6.90. The second-order valence-electron chi connectivity index (χ2n) is 5.28. The lowest BCUT2D eigenvalue weighted by Crippen LogP contribution is -2.50. The van der Waals surface area contributed by atoms with Crippen LogP contribution < -0.4 is 10.6 Å². The molecule has 1 aromatic carbocycles. The minimum Gasteiger partial charge on any atom is -0.480 e. The molecule has 3 N–H and O–H groups in total. The number of nitrogens with one attached hydrogen (secondary N) is 2. The number of urea groups is 1. The zero-order chi connectivity index (χ0) is 16.7. The number of hydrogen-bond donors (Lipinski definition) is 3. The molecule has 1 rings (SSSR count). The van der Waals surface area contributed by atoms with Crippen LogP contribution in [0.3, 0.4) is 0 Å². The van der Waals surface area contributed by atoms with Crippen molar-refractivity contribution >= 4 is 23.6 Å². The van der Waals surface area contributed by atoms with Gasteiger partial charge < -0.3 is 20.6 Å². The van der Waals surface area contributed by atoms with Crippen LogP contribution in [0.5, 0.6) is 0 Å². The Balaban J connectivity index is 2.53. The van der Waals surface area contributed by atoms with E-state index in [0.29, 0.717) is 5.69 Å². The van der Waals surface area contributed by atoms with Gasteiger partial charge in [-0.15, -0.1) is 0 Å². The van der Waals surface area contributed by atoms with Crippen molar-refractivity contribution in [3.63, 3.8) is 0 Å². The van der Waals surface area contributed by atoms with Crippen molar-refractivity contribution in [1.82, 2.24) is 10.2 Å². The van der Waals surface area contributed by atoms with Gasteiger partial charge >= 0.3 is 12.0 Å². The number of benzene rings is 1. The van der Waals surface area contributed by atoms with Crippen LogP contribution in [-0.4, -0.2) is 47.5 Å².